The molecule has 1 unspecified atom stereocenters. The number of hydrogen-bond donors (Lipinski definition) is 1. The molecule has 0 spiro atoms. The van der Waals surface area contributed by atoms with E-state index < -0.39 is 0 Å². The smallest absolute Gasteiger partial charge is 0.228 e. The molecule has 1 fully saturated rings. The van der Waals surface area contributed by atoms with Crippen molar-refractivity contribution in [1.29, 1.82) is 0 Å². The topological polar surface area (TPSA) is 74.8 Å². The Balaban J connectivity index is 2.04. The Bertz CT molecular complexity index is 569. The molecule has 2 aromatic heterocycles. The predicted molar refractivity (Wildman–Crippen MR) is 65.9 cm³/mol. The summed E-state index contributed by atoms with van der Waals surface area (Å²) in [5.74, 6) is 1.07. The lowest BCUT2D eigenvalue weighted by atomic mass is 10.2. The molecule has 0 saturated carbocycles. The molecule has 0 aromatic carbocycles. The summed E-state index contributed by atoms with van der Waals surface area (Å²) in [5.41, 5.74) is 1.31. The summed E-state index contributed by atoms with van der Waals surface area (Å²) in [5, 5.41) is 0.826. The van der Waals surface area contributed by atoms with Crippen molar-refractivity contribution in [3.8, 4) is 0 Å². The molecule has 6 nitrogen and oxygen atoms in total. The number of aromatic amines is 1. The van der Waals surface area contributed by atoms with Gasteiger partial charge in [-0.05, 0) is 5.92 Å². The van der Waals surface area contributed by atoms with Crippen molar-refractivity contribution < 1.29 is 4.79 Å². The first kappa shape index (κ1) is 10.6. The third-order valence-corrected chi connectivity index (χ3v) is 3.80. The van der Waals surface area contributed by atoms with Gasteiger partial charge in [-0.25, -0.2) is 15.0 Å². The van der Waals surface area contributed by atoms with Crippen LogP contribution in [0.15, 0.2) is 12.7 Å². The Morgan fingerprint density at radius 3 is 3.12 bits per heavy atom. The molecule has 2 aromatic rings. The van der Waals surface area contributed by atoms with Gasteiger partial charge in [-0.15, -0.1) is 0 Å². The normalized spacial score (nSPS) is 20.4. The van der Waals surface area contributed by atoms with Crippen LogP contribution in [0, 0.1) is 5.92 Å². The average Bonchev–Trinajstić information content (AvgIpc) is 2.94. The quantitative estimate of drug-likeness (QED) is 0.842. The predicted octanol–water partition coefficient (Wildman–Crippen LogP) is 1.10. The third kappa shape index (κ3) is 1.70. The summed E-state index contributed by atoms with van der Waals surface area (Å²) in [6.45, 7) is 0.690. The number of alkyl halides is 1. The SMILES string of the molecule is O=C1CC(CBr)CN1c1ncnc2nc[nH]c12. The first-order chi connectivity index (χ1) is 8.29. The highest BCUT2D eigenvalue weighted by Gasteiger charge is 2.32. The molecule has 1 amide bonds. The summed E-state index contributed by atoms with van der Waals surface area (Å²) in [7, 11) is 0. The van der Waals surface area contributed by atoms with Gasteiger partial charge >= 0.3 is 0 Å². The Labute approximate surface area is 106 Å². The summed E-state index contributed by atoms with van der Waals surface area (Å²) in [6.07, 6.45) is 3.56. The fourth-order valence-corrected chi connectivity index (χ4v) is 2.48. The van der Waals surface area contributed by atoms with Crippen LogP contribution in [-0.4, -0.2) is 37.7 Å². The maximum atomic E-state index is 11.9. The van der Waals surface area contributed by atoms with E-state index in [1.165, 1.54) is 6.33 Å². The molecule has 1 atom stereocenters. The molecule has 17 heavy (non-hydrogen) atoms. The molecule has 0 aliphatic carbocycles. The second kappa shape index (κ2) is 4.06. The van der Waals surface area contributed by atoms with E-state index in [0.29, 0.717) is 30.3 Å². The fourth-order valence-electron chi connectivity index (χ4n) is 2.05. The van der Waals surface area contributed by atoms with Crippen molar-refractivity contribution in [3.63, 3.8) is 0 Å². The number of nitrogens with one attached hydrogen (secondary N) is 1. The second-order valence-electron chi connectivity index (χ2n) is 4.03. The van der Waals surface area contributed by atoms with Crippen LogP contribution < -0.4 is 4.90 Å². The minimum atomic E-state index is 0.101. The molecule has 0 radical (unpaired) electrons. The van der Waals surface area contributed by atoms with E-state index in [0.717, 1.165) is 10.8 Å². The van der Waals surface area contributed by atoms with Crippen LogP contribution in [0.1, 0.15) is 6.42 Å². The summed E-state index contributed by atoms with van der Waals surface area (Å²) in [6, 6.07) is 0. The van der Waals surface area contributed by atoms with Gasteiger partial charge in [0.1, 0.15) is 11.8 Å². The molecular formula is C10H10BrN5O. The van der Waals surface area contributed by atoms with Crippen molar-refractivity contribution in [2.45, 2.75) is 6.42 Å². The molecule has 88 valence electrons. The maximum absolute atomic E-state index is 11.9. The number of carbonyl (C=O) groups is 1. The van der Waals surface area contributed by atoms with Gasteiger partial charge in [-0.1, -0.05) is 15.9 Å². The highest BCUT2D eigenvalue weighted by Crippen LogP contribution is 2.27. The third-order valence-electron chi connectivity index (χ3n) is 2.88. The van der Waals surface area contributed by atoms with Crippen molar-refractivity contribution in [1.82, 2.24) is 19.9 Å². The van der Waals surface area contributed by atoms with Gasteiger partial charge in [0.15, 0.2) is 11.5 Å². The second-order valence-corrected chi connectivity index (χ2v) is 4.67. The zero-order chi connectivity index (χ0) is 11.8. The molecule has 1 N–H and O–H groups in total. The summed E-state index contributed by atoms with van der Waals surface area (Å²) >= 11 is 3.41. The van der Waals surface area contributed by atoms with Crippen LogP contribution in [0.25, 0.3) is 11.2 Å². The molecule has 3 heterocycles. The van der Waals surface area contributed by atoms with Gasteiger partial charge < -0.3 is 4.98 Å². The number of fused-ring (bicyclic) bond motifs is 1. The van der Waals surface area contributed by atoms with Crippen LogP contribution in [0.4, 0.5) is 5.82 Å². The van der Waals surface area contributed by atoms with Crippen molar-refractivity contribution in [3.05, 3.63) is 12.7 Å². The van der Waals surface area contributed by atoms with Crippen LogP contribution in [0.2, 0.25) is 0 Å². The Morgan fingerprint density at radius 1 is 1.47 bits per heavy atom. The van der Waals surface area contributed by atoms with Gasteiger partial charge in [-0.3, -0.25) is 9.69 Å². The van der Waals surface area contributed by atoms with Crippen molar-refractivity contribution >= 4 is 38.8 Å². The highest BCUT2D eigenvalue weighted by molar-refractivity contribution is 9.09. The first-order valence-electron chi connectivity index (χ1n) is 5.30. The van der Waals surface area contributed by atoms with Gasteiger partial charge in [0.05, 0.1) is 6.33 Å². The molecule has 0 bridgehead atoms. The van der Waals surface area contributed by atoms with Crippen LogP contribution >= 0.6 is 15.9 Å². The van der Waals surface area contributed by atoms with E-state index in [4.69, 9.17) is 0 Å². The minimum Gasteiger partial charge on any atom is -0.340 e. The largest absolute Gasteiger partial charge is 0.340 e. The van der Waals surface area contributed by atoms with Gasteiger partial charge in [0.2, 0.25) is 5.91 Å². The molecule has 1 saturated heterocycles. The zero-order valence-electron chi connectivity index (χ0n) is 8.93. The van der Waals surface area contributed by atoms with Crippen LogP contribution in [0.5, 0.6) is 0 Å². The lowest BCUT2D eigenvalue weighted by Crippen LogP contribution is -2.26. The molecule has 3 rings (SSSR count). The Hall–Kier alpha value is -1.50. The molecule has 1 aliphatic rings. The highest BCUT2D eigenvalue weighted by atomic mass is 79.9. The number of hydrogen-bond acceptors (Lipinski definition) is 4. The van der Waals surface area contributed by atoms with E-state index >= 15 is 0 Å². The van der Waals surface area contributed by atoms with Crippen molar-refractivity contribution in [2.24, 2.45) is 5.92 Å². The van der Waals surface area contributed by atoms with Gasteiger partial charge in [-0.2, -0.15) is 0 Å². The number of rotatable bonds is 2. The summed E-state index contributed by atoms with van der Waals surface area (Å²) < 4.78 is 0. The fraction of sp³-hybridized carbons (Fsp3) is 0.400. The van der Waals surface area contributed by atoms with Gasteiger partial charge in [0, 0.05) is 18.3 Å². The number of anilines is 1. The minimum absolute atomic E-state index is 0.101. The average molecular weight is 296 g/mol. The molecule has 7 heteroatoms. The van der Waals surface area contributed by atoms with Gasteiger partial charge in [0.25, 0.3) is 0 Å². The van der Waals surface area contributed by atoms with E-state index in [2.05, 4.69) is 35.9 Å². The van der Waals surface area contributed by atoms with E-state index in [1.807, 2.05) is 0 Å². The molecule has 1 aliphatic heterocycles. The van der Waals surface area contributed by atoms with E-state index in [1.54, 1.807) is 11.2 Å². The number of halogens is 1. The first-order valence-corrected chi connectivity index (χ1v) is 6.42. The monoisotopic (exact) mass is 295 g/mol. The number of carbonyl (C=O) groups excluding carboxylic acids is 1. The Morgan fingerprint density at radius 2 is 2.35 bits per heavy atom. The molecular weight excluding hydrogens is 286 g/mol. The number of amides is 1. The van der Waals surface area contributed by atoms with Crippen molar-refractivity contribution in [2.75, 3.05) is 16.8 Å². The van der Waals surface area contributed by atoms with Crippen LogP contribution in [-0.2, 0) is 4.79 Å². The van der Waals surface area contributed by atoms with E-state index in [-0.39, 0.29) is 5.91 Å². The van der Waals surface area contributed by atoms with Crippen LogP contribution in [0.3, 0.4) is 0 Å². The number of nitrogens with zero attached hydrogens (tertiary/aromatic N) is 4. The standard InChI is InChI=1S/C10H10BrN5O/c11-2-6-1-7(17)16(3-6)10-8-9(13-4-12-8)14-5-15-10/h4-6H,1-3H2,(H,12,13,14,15). The zero-order valence-corrected chi connectivity index (χ0v) is 10.5. The summed E-state index contributed by atoms with van der Waals surface area (Å²) in [4.78, 5) is 28.9. The maximum Gasteiger partial charge on any atom is 0.228 e. The lowest BCUT2D eigenvalue weighted by molar-refractivity contribution is -0.117. The number of H-pyrrole nitrogens is 1. The lowest BCUT2D eigenvalue weighted by Gasteiger charge is -2.15. The number of imidazole rings is 1. The number of aromatic nitrogens is 4. The van der Waals surface area contributed by atoms with E-state index in [9.17, 15) is 4.79 Å². The Kier molecular flexibility index (Phi) is 2.54.